The number of rotatable bonds is 2. The number of aryl methyl sites for hydroxylation is 1. The van der Waals surface area contributed by atoms with Crippen LogP contribution in [0, 0.1) is 0 Å². The Kier molecular flexibility index (Phi) is 2.82. The summed E-state index contributed by atoms with van der Waals surface area (Å²) in [6.45, 7) is 0. The molecule has 0 saturated carbocycles. The van der Waals surface area contributed by atoms with Gasteiger partial charge in [0.15, 0.2) is 5.58 Å². The third-order valence-corrected chi connectivity index (χ3v) is 3.36. The molecule has 0 aliphatic carbocycles. The van der Waals surface area contributed by atoms with Gasteiger partial charge in [-0.15, -0.1) is 0 Å². The van der Waals surface area contributed by atoms with E-state index in [1.165, 1.54) is 4.57 Å². The summed E-state index contributed by atoms with van der Waals surface area (Å²) in [6, 6.07) is 5.69. The van der Waals surface area contributed by atoms with Crippen LogP contribution in [0.3, 0.4) is 0 Å². The number of hydrogen-bond donors (Lipinski definition) is 1. The van der Waals surface area contributed by atoms with Crippen molar-refractivity contribution in [1.82, 2.24) is 9.47 Å². The summed E-state index contributed by atoms with van der Waals surface area (Å²) in [6.07, 6.45) is 0. The van der Waals surface area contributed by atoms with Crippen molar-refractivity contribution in [2.24, 2.45) is 7.05 Å². The molecule has 1 aromatic carbocycles. The van der Waals surface area contributed by atoms with Crippen LogP contribution in [-0.2, 0) is 7.05 Å². The first-order valence-electron chi connectivity index (χ1n) is 4.94. The van der Waals surface area contributed by atoms with E-state index in [9.17, 15) is 4.79 Å². The van der Waals surface area contributed by atoms with Gasteiger partial charge in [0.1, 0.15) is 0 Å². The summed E-state index contributed by atoms with van der Waals surface area (Å²) >= 11 is 4.47. The zero-order valence-electron chi connectivity index (χ0n) is 9.47. The molecule has 16 heavy (non-hydrogen) atoms. The normalized spacial score (nSPS) is 13.6. The van der Waals surface area contributed by atoms with Crippen molar-refractivity contribution in [3.8, 4) is 0 Å². The smallest absolute Gasteiger partial charge is 0.408 e. The molecular weight excluding hydrogens is 224 g/mol. The lowest BCUT2D eigenvalue weighted by Crippen LogP contribution is -2.14. The molecule has 1 unspecified atom stereocenters. The molecule has 0 N–H and O–H groups in total. The molecule has 2 aromatic rings. The monoisotopic (exact) mass is 238 g/mol. The third-order valence-electron chi connectivity index (χ3n) is 2.60. The highest BCUT2D eigenvalue weighted by molar-refractivity contribution is 7.80. The molecule has 0 amide bonds. The first kappa shape index (κ1) is 11.3. The summed E-state index contributed by atoms with van der Waals surface area (Å²) in [4.78, 5) is 13.3. The summed E-state index contributed by atoms with van der Waals surface area (Å²) in [5.74, 6) is -0.340. The Hall–Kier alpha value is -1.20. The molecule has 0 fully saturated rings. The topological polar surface area (TPSA) is 38.4 Å². The average molecular weight is 238 g/mol. The quantitative estimate of drug-likeness (QED) is 0.638. The molecule has 0 aliphatic rings. The SMILES string of the molecule is CN(C)C(S)c1ccc2c(c1)oc(=O)n2C. The van der Waals surface area contributed by atoms with E-state index in [1.807, 2.05) is 37.2 Å². The van der Waals surface area contributed by atoms with Gasteiger partial charge in [-0.3, -0.25) is 9.47 Å². The van der Waals surface area contributed by atoms with Gasteiger partial charge in [0.25, 0.3) is 0 Å². The molecule has 0 saturated heterocycles. The van der Waals surface area contributed by atoms with E-state index in [0.717, 1.165) is 11.1 Å². The minimum absolute atomic E-state index is 0.00471. The van der Waals surface area contributed by atoms with E-state index >= 15 is 0 Å². The Morgan fingerprint density at radius 2 is 2.12 bits per heavy atom. The summed E-state index contributed by atoms with van der Waals surface area (Å²) in [7, 11) is 5.59. The van der Waals surface area contributed by atoms with Gasteiger partial charge in [0, 0.05) is 7.05 Å². The number of benzene rings is 1. The van der Waals surface area contributed by atoms with Gasteiger partial charge >= 0.3 is 5.76 Å². The third kappa shape index (κ3) is 1.76. The molecule has 1 atom stereocenters. The summed E-state index contributed by atoms with van der Waals surface area (Å²) in [5.41, 5.74) is 2.41. The molecule has 86 valence electrons. The second-order valence-electron chi connectivity index (χ2n) is 3.99. The van der Waals surface area contributed by atoms with E-state index < -0.39 is 0 Å². The van der Waals surface area contributed by atoms with Crippen molar-refractivity contribution in [2.45, 2.75) is 5.37 Å². The van der Waals surface area contributed by atoms with Crippen molar-refractivity contribution in [3.05, 3.63) is 34.3 Å². The van der Waals surface area contributed by atoms with Crippen molar-refractivity contribution in [2.75, 3.05) is 14.1 Å². The number of oxazole rings is 1. The standard InChI is InChI=1S/C11H14N2O2S/c1-12(2)10(16)7-4-5-8-9(6-7)15-11(14)13(8)3/h4-6,10,16H,1-3H3. The van der Waals surface area contributed by atoms with Crippen LogP contribution in [0.4, 0.5) is 0 Å². The van der Waals surface area contributed by atoms with E-state index in [4.69, 9.17) is 4.42 Å². The minimum Gasteiger partial charge on any atom is -0.408 e. The number of thiol groups is 1. The minimum atomic E-state index is -0.340. The van der Waals surface area contributed by atoms with Gasteiger partial charge in [-0.05, 0) is 31.8 Å². The second-order valence-corrected chi connectivity index (χ2v) is 4.48. The Balaban J connectivity index is 2.57. The van der Waals surface area contributed by atoms with Crippen LogP contribution in [0.1, 0.15) is 10.9 Å². The lowest BCUT2D eigenvalue weighted by atomic mass is 10.2. The highest BCUT2D eigenvalue weighted by Gasteiger charge is 2.12. The van der Waals surface area contributed by atoms with Gasteiger partial charge < -0.3 is 4.42 Å². The zero-order valence-corrected chi connectivity index (χ0v) is 10.4. The molecule has 0 radical (unpaired) electrons. The Morgan fingerprint density at radius 1 is 1.44 bits per heavy atom. The highest BCUT2D eigenvalue weighted by Crippen LogP contribution is 2.25. The average Bonchev–Trinajstić information content (AvgIpc) is 2.53. The van der Waals surface area contributed by atoms with Crippen molar-refractivity contribution < 1.29 is 4.42 Å². The first-order chi connectivity index (χ1) is 7.50. The maximum absolute atomic E-state index is 11.3. The van der Waals surface area contributed by atoms with E-state index in [2.05, 4.69) is 12.6 Å². The Bertz CT molecular complexity index is 571. The predicted octanol–water partition coefficient (Wildman–Crippen LogP) is 1.62. The van der Waals surface area contributed by atoms with Crippen LogP contribution in [0.15, 0.2) is 27.4 Å². The van der Waals surface area contributed by atoms with Gasteiger partial charge in [-0.2, -0.15) is 12.6 Å². The zero-order chi connectivity index (χ0) is 11.9. The molecule has 4 nitrogen and oxygen atoms in total. The van der Waals surface area contributed by atoms with Crippen LogP contribution in [-0.4, -0.2) is 23.6 Å². The first-order valence-corrected chi connectivity index (χ1v) is 5.46. The fourth-order valence-electron chi connectivity index (χ4n) is 1.61. The van der Waals surface area contributed by atoms with Crippen LogP contribution < -0.4 is 5.76 Å². The van der Waals surface area contributed by atoms with Crippen molar-refractivity contribution in [3.63, 3.8) is 0 Å². The molecule has 0 bridgehead atoms. The lowest BCUT2D eigenvalue weighted by Gasteiger charge is -2.18. The second kappa shape index (κ2) is 3.99. The summed E-state index contributed by atoms with van der Waals surface area (Å²) < 4.78 is 6.61. The molecule has 2 rings (SSSR count). The lowest BCUT2D eigenvalue weighted by molar-refractivity contribution is 0.393. The fraction of sp³-hybridized carbons (Fsp3) is 0.364. The Labute approximate surface area is 98.9 Å². The van der Waals surface area contributed by atoms with Crippen molar-refractivity contribution in [1.29, 1.82) is 0 Å². The number of hydrogen-bond acceptors (Lipinski definition) is 4. The molecule has 1 heterocycles. The number of nitrogens with zero attached hydrogens (tertiary/aromatic N) is 2. The molecular formula is C11H14N2O2S. The predicted molar refractivity (Wildman–Crippen MR) is 66.9 cm³/mol. The Morgan fingerprint density at radius 3 is 2.75 bits per heavy atom. The number of fused-ring (bicyclic) bond motifs is 1. The van der Waals surface area contributed by atoms with Crippen LogP contribution in [0.2, 0.25) is 0 Å². The van der Waals surface area contributed by atoms with E-state index in [-0.39, 0.29) is 11.1 Å². The molecule has 0 aliphatic heterocycles. The van der Waals surface area contributed by atoms with Crippen molar-refractivity contribution >= 4 is 23.7 Å². The summed E-state index contributed by atoms with van der Waals surface area (Å²) in [5, 5.41) is -0.00471. The van der Waals surface area contributed by atoms with Gasteiger partial charge in [-0.25, -0.2) is 4.79 Å². The number of aromatic nitrogens is 1. The van der Waals surface area contributed by atoms with Gasteiger partial charge in [0.2, 0.25) is 0 Å². The van der Waals surface area contributed by atoms with Crippen LogP contribution in [0.25, 0.3) is 11.1 Å². The van der Waals surface area contributed by atoms with Crippen LogP contribution in [0.5, 0.6) is 0 Å². The molecule has 5 heteroatoms. The molecule has 1 aromatic heterocycles. The maximum Gasteiger partial charge on any atom is 0.419 e. The van der Waals surface area contributed by atoms with Crippen LogP contribution >= 0.6 is 12.6 Å². The van der Waals surface area contributed by atoms with E-state index in [1.54, 1.807) is 7.05 Å². The fourth-order valence-corrected chi connectivity index (χ4v) is 1.77. The van der Waals surface area contributed by atoms with Gasteiger partial charge in [0.05, 0.1) is 10.9 Å². The maximum atomic E-state index is 11.3. The van der Waals surface area contributed by atoms with E-state index in [0.29, 0.717) is 5.58 Å². The largest absolute Gasteiger partial charge is 0.419 e. The highest BCUT2D eigenvalue weighted by atomic mass is 32.1. The van der Waals surface area contributed by atoms with Gasteiger partial charge in [-0.1, -0.05) is 6.07 Å². The molecule has 0 spiro atoms.